The highest BCUT2D eigenvalue weighted by Crippen LogP contribution is 2.25. The zero-order valence-electron chi connectivity index (χ0n) is 8.47. The molecular weight excluding hydrogens is 176 g/mol. The van der Waals surface area contributed by atoms with Gasteiger partial charge in [0, 0.05) is 19.6 Å². The van der Waals surface area contributed by atoms with E-state index < -0.39 is 0 Å². The Morgan fingerprint density at radius 1 is 1.43 bits per heavy atom. The first-order valence-corrected chi connectivity index (χ1v) is 5.00. The topological polar surface area (TPSA) is 33.3 Å². The van der Waals surface area contributed by atoms with Crippen LogP contribution in [0.25, 0.3) is 0 Å². The van der Waals surface area contributed by atoms with Gasteiger partial charge in [0.05, 0.1) is 6.61 Å². The minimum atomic E-state index is 0.836. The number of hydrogen-bond acceptors (Lipinski definition) is 3. The molecule has 0 bridgehead atoms. The van der Waals surface area contributed by atoms with Crippen LogP contribution in [-0.4, -0.2) is 20.3 Å². The van der Waals surface area contributed by atoms with Crippen molar-refractivity contribution in [3.05, 3.63) is 29.3 Å². The van der Waals surface area contributed by atoms with E-state index in [-0.39, 0.29) is 0 Å². The molecule has 0 atom stereocenters. The summed E-state index contributed by atoms with van der Waals surface area (Å²) in [5.41, 5.74) is 2.67. The predicted octanol–water partition coefficient (Wildman–Crippen LogP) is 0.888. The Morgan fingerprint density at radius 2 is 2.36 bits per heavy atom. The molecule has 3 nitrogen and oxygen atoms in total. The Balaban J connectivity index is 1.98. The van der Waals surface area contributed by atoms with Gasteiger partial charge in [0.2, 0.25) is 0 Å². The van der Waals surface area contributed by atoms with Crippen molar-refractivity contribution in [2.75, 3.05) is 20.3 Å². The molecule has 2 N–H and O–H groups in total. The molecule has 0 aliphatic carbocycles. The second kappa shape index (κ2) is 4.44. The van der Waals surface area contributed by atoms with Crippen molar-refractivity contribution < 1.29 is 4.74 Å². The lowest BCUT2D eigenvalue weighted by molar-refractivity contribution is 0.357. The lowest BCUT2D eigenvalue weighted by Gasteiger charge is -2.05. The molecule has 0 amide bonds. The summed E-state index contributed by atoms with van der Waals surface area (Å²) in [4.78, 5) is 0. The minimum Gasteiger partial charge on any atom is -0.493 e. The molecule has 76 valence electrons. The third-order valence-corrected chi connectivity index (χ3v) is 2.38. The van der Waals surface area contributed by atoms with Gasteiger partial charge in [0.15, 0.2) is 0 Å². The summed E-state index contributed by atoms with van der Waals surface area (Å²) in [6.07, 6.45) is 1.05. The summed E-state index contributed by atoms with van der Waals surface area (Å²) in [7, 11) is 1.93. The molecule has 1 aromatic rings. The first-order chi connectivity index (χ1) is 6.90. The fraction of sp³-hybridized carbons (Fsp3) is 0.455. The molecule has 0 saturated heterocycles. The second-order valence-electron chi connectivity index (χ2n) is 3.50. The summed E-state index contributed by atoms with van der Waals surface area (Å²) in [6, 6.07) is 6.41. The van der Waals surface area contributed by atoms with Crippen LogP contribution in [0.5, 0.6) is 5.75 Å². The Hall–Kier alpha value is -1.06. The maximum atomic E-state index is 5.45. The average Bonchev–Trinajstić information content (AvgIpc) is 2.65. The van der Waals surface area contributed by atoms with Gasteiger partial charge in [0.25, 0.3) is 0 Å². The third-order valence-electron chi connectivity index (χ3n) is 2.38. The number of benzene rings is 1. The lowest BCUT2D eigenvalue weighted by Crippen LogP contribution is -2.25. The molecular formula is C11H16N2O. The molecule has 2 rings (SSSR count). The molecule has 14 heavy (non-hydrogen) atoms. The van der Waals surface area contributed by atoms with E-state index in [1.807, 2.05) is 7.05 Å². The Kier molecular flexibility index (Phi) is 3.01. The van der Waals surface area contributed by atoms with E-state index in [2.05, 4.69) is 28.8 Å². The van der Waals surface area contributed by atoms with Crippen LogP contribution in [0.4, 0.5) is 0 Å². The van der Waals surface area contributed by atoms with E-state index >= 15 is 0 Å². The maximum Gasteiger partial charge on any atom is 0.122 e. The van der Waals surface area contributed by atoms with Crippen LogP contribution in [0.1, 0.15) is 11.1 Å². The molecule has 0 radical (unpaired) electrons. The molecule has 1 heterocycles. The van der Waals surface area contributed by atoms with Crippen LogP contribution in [-0.2, 0) is 13.0 Å². The Bertz CT molecular complexity index is 312. The third kappa shape index (κ3) is 2.05. The van der Waals surface area contributed by atoms with Gasteiger partial charge in [0.1, 0.15) is 5.75 Å². The summed E-state index contributed by atoms with van der Waals surface area (Å²) in [5, 5.41) is 6.35. The van der Waals surface area contributed by atoms with Crippen LogP contribution in [0, 0.1) is 0 Å². The highest BCUT2D eigenvalue weighted by molar-refractivity contribution is 5.39. The number of ether oxygens (including phenoxy) is 1. The molecule has 1 aliphatic rings. The molecule has 0 saturated carbocycles. The van der Waals surface area contributed by atoms with Crippen molar-refractivity contribution in [2.24, 2.45) is 0 Å². The molecule has 0 unspecified atom stereocenters. The number of fused-ring (bicyclic) bond motifs is 1. The van der Waals surface area contributed by atoms with Gasteiger partial charge in [-0.25, -0.2) is 0 Å². The highest BCUT2D eigenvalue weighted by Gasteiger charge is 2.11. The summed E-state index contributed by atoms with van der Waals surface area (Å²) in [5.74, 6) is 1.06. The summed E-state index contributed by atoms with van der Waals surface area (Å²) in [6.45, 7) is 2.59. The van der Waals surface area contributed by atoms with Crippen molar-refractivity contribution in [1.82, 2.24) is 10.6 Å². The fourth-order valence-corrected chi connectivity index (χ4v) is 1.68. The van der Waals surface area contributed by atoms with Gasteiger partial charge in [-0.2, -0.15) is 0 Å². The molecule has 1 aliphatic heterocycles. The van der Waals surface area contributed by atoms with Gasteiger partial charge >= 0.3 is 0 Å². The van der Waals surface area contributed by atoms with Crippen LogP contribution in [0.3, 0.4) is 0 Å². The quantitative estimate of drug-likeness (QED) is 0.549. The van der Waals surface area contributed by atoms with Gasteiger partial charge < -0.3 is 15.4 Å². The van der Waals surface area contributed by atoms with Crippen LogP contribution in [0.15, 0.2) is 18.2 Å². The smallest absolute Gasteiger partial charge is 0.122 e. The first-order valence-electron chi connectivity index (χ1n) is 5.00. The predicted molar refractivity (Wildman–Crippen MR) is 56.4 cm³/mol. The molecule has 0 fully saturated rings. The van der Waals surface area contributed by atoms with Gasteiger partial charge in [-0.3, -0.25) is 0 Å². The zero-order valence-corrected chi connectivity index (χ0v) is 8.47. The molecule has 0 aromatic heterocycles. The van der Waals surface area contributed by atoms with Crippen molar-refractivity contribution in [3.8, 4) is 5.75 Å². The molecule has 1 aromatic carbocycles. The van der Waals surface area contributed by atoms with E-state index in [1.54, 1.807) is 0 Å². The van der Waals surface area contributed by atoms with Crippen molar-refractivity contribution >= 4 is 0 Å². The largest absolute Gasteiger partial charge is 0.493 e. The second-order valence-corrected chi connectivity index (χ2v) is 3.50. The van der Waals surface area contributed by atoms with E-state index in [9.17, 15) is 0 Å². The number of nitrogens with one attached hydrogen (secondary N) is 2. The van der Waals surface area contributed by atoms with E-state index in [4.69, 9.17) is 4.74 Å². The van der Waals surface area contributed by atoms with Crippen LogP contribution in [0.2, 0.25) is 0 Å². The van der Waals surface area contributed by atoms with E-state index in [0.29, 0.717) is 0 Å². The lowest BCUT2D eigenvalue weighted by atomic mass is 10.1. The van der Waals surface area contributed by atoms with E-state index in [1.165, 1.54) is 11.1 Å². The fourth-order valence-electron chi connectivity index (χ4n) is 1.68. The normalized spacial score (nSPS) is 13.8. The van der Waals surface area contributed by atoms with Gasteiger partial charge in [-0.1, -0.05) is 12.1 Å². The van der Waals surface area contributed by atoms with Crippen molar-refractivity contribution in [1.29, 1.82) is 0 Å². The zero-order chi connectivity index (χ0) is 9.80. The maximum absolute atomic E-state index is 5.45. The minimum absolute atomic E-state index is 0.836. The highest BCUT2D eigenvalue weighted by atomic mass is 16.5. The number of hydrogen-bond donors (Lipinski definition) is 2. The standard InChI is InChI=1S/C11H16N2O/c1-12-8-13-7-9-2-3-11-10(6-9)4-5-14-11/h2-3,6,12-13H,4-5,7-8H2,1H3. The summed E-state index contributed by atoms with van der Waals surface area (Å²) >= 11 is 0. The number of rotatable bonds is 4. The average molecular weight is 192 g/mol. The SMILES string of the molecule is CNCNCc1ccc2c(c1)CCO2. The van der Waals surface area contributed by atoms with Crippen molar-refractivity contribution in [3.63, 3.8) is 0 Å². The first kappa shape index (κ1) is 9.49. The van der Waals surface area contributed by atoms with Crippen LogP contribution >= 0.6 is 0 Å². The Morgan fingerprint density at radius 3 is 3.21 bits per heavy atom. The van der Waals surface area contributed by atoms with Gasteiger partial charge in [-0.15, -0.1) is 0 Å². The van der Waals surface area contributed by atoms with Gasteiger partial charge in [-0.05, 0) is 24.2 Å². The monoisotopic (exact) mass is 192 g/mol. The van der Waals surface area contributed by atoms with E-state index in [0.717, 1.165) is 32.0 Å². The Labute approximate surface area is 84.5 Å². The molecule has 3 heteroatoms. The summed E-state index contributed by atoms with van der Waals surface area (Å²) < 4.78 is 5.45. The van der Waals surface area contributed by atoms with Crippen LogP contribution < -0.4 is 15.4 Å². The molecule has 0 spiro atoms. The van der Waals surface area contributed by atoms with Crippen molar-refractivity contribution in [2.45, 2.75) is 13.0 Å².